The van der Waals surface area contributed by atoms with Gasteiger partial charge in [0.2, 0.25) is 11.0 Å². The second-order valence-electron chi connectivity index (χ2n) is 7.81. The zero-order chi connectivity index (χ0) is 24.8. The van der Waals surface area contributed by atoms with Crippen LogP contribution < -0.4 is 5.32 Å². The highest BCUT2D eigenvalue weighted by molar-refractivity contribution is 7.18. The number of aromatic nitrogens is 2. The van der Waals surface area contributed by atoms with E-state index in [2.05, 4.69) is 15.5 Å². The van der Waals surface area contributed by atoms with E-state index in [4.69, 9.17) is 11.6 Å². The Kier molecular flexibility index (Phi) is 7.84. The first-order chi connectivity index (χ1) is 16.9. The molecule has 35 heavy (non-hydrogen) atoms. The smallest absolute Gasteiger partial charge is 0.254 e. The first-order valence-corrected chi connectivity index (χ1v) is 12.1. The molecule has 0 saturated heterocycles. The molecule has 1 heterocycles. The number of halogens is 2. The molecule has 6 nitrogen and oxygen atoms in total. The van der Waals surface area contributed by atoms with E-state index < -0.39 is 5.82 Å². The molecule has 3 aromatic carbocycles. The fraction of sp³-hybridized carbons (Fsp3) is 0.154. The van der Waals surface area contributed by atoms with Gasteiger partial charge in [-0.25, -0.2) is 4.39 Å². The van der Waals surface area contributed by atoms with Crippen molar-refractivity contribution in [2.24, 2.45) is 0 Å². The van der Waals surface area contributed by atoms with Crippen molar-refractivity contribution in [2.45, 2.75) is 19.4 Å². The van der Waals surface area contributed by atoms with Crippen LogP contribution in [0.25, 0.3) is 10.6 Å². The van der Waals surface area contributed by atoms with Crippen LogP contribution in [0.5, 0.6) is 0 Å². The minimum atomic E-state index is -0.492. The van der Waals surface area contributed by atoms with Crippen LogP contribution in [0.15, 0.2) is 78.9 Å². The molecule has 0 aliphatic rings. The third-order valence-corrected chi connectivity index (χ3v) is 6.56. The van der Waals surface area contributed by atoms with Gasteiger partial charge in [0.1, 0.15) is 10.8 Å². The summed E-state index contributed by atoms with van der Waals surface area (Å²) in [6.45, 7) is 2.02. The van der Waals surface area contributed by atoms with Crippen LogP contribution >= 0.6 is 22.9 Å². The highest BCUT2D eigenvalue weighted by Gasteiger charge is 2.24. The molecule has 0 unspecified atom stereocenters. The van der Waals surface area contributed by atoms with Crippen LogP contribution in [-0.2, 0) is 4.79 Å². The second-order valence-corrected chi connectivity index (χ2v) is 9.23. The lowest BCUT2D eigenvalue weighted by Crippen LogP contribution is -2.36. The van der Waals surface area contributed by atoms with Crippen LogP contribution in [0.4, 0.5) is 9.52 Å². The molecule has 178 valence electrons. The van der Waals surface area contributed by atoms with Gasteiger partial charge in [0.05, 0.1) is 6.04 Å². The molecule has 0 aliphatic heterocycles. The van der Waals surface area contributed by atoms with Crippen LogP contribution in [0.3, 0.4) is 0 Å². The maximum atomic E-state index is 13.8. The van der Waals surface area contributed by atoms with E-state index in [9.17, 15) is 14.0 Å². The second kappa shape index (κ2) is 11.2. The summed E-state index contributed by atoms with van der Waals surface area (Å²) in [4.78, 5) is 27.5. The Bertz CT molecular complexity index is 1310. The number of anilines is 1. The highest BCUT2D eigenvalue weighted by atomic mass is 35.5. The Hall–Kier alpha value is -3.62. The summed E-state index contributed by atoms with van der Waals surface area (Å²) in [5.41, 5.74) is 1.98. The van der Waals surface area contributed by atoms with Gasteiger partial charge in [-0.2, -0.15) is 0 Å². The average molecular weight is 509 g/mol. The molecule has 1 aromatic heterocycles. The summed E-state index contributed by atoms with van der Waals surface area (Å²) in [5.74, 6) is -1.15. The zero-order valence-corrected chi connectivity index (χ0v) is 20.4. The standard InChI is InChI=1S/C26H22ClFN4O2S/c1-17(18-6-3-2-4-7-18)32(25(34)20-8-5-9-22(28)16-20)15-14-23(33)29-26-31-30-24(35-26)19-10-12-21(27)13-11-19/h2-13,16-17H,14-15H2,1H3,(H,29,31,33)/t17-/m0/s1. The summed E-state index contributed by atoms with van der Waals surface area (Å²) in [6.07, 6.45) is 0.0358. The van der Waals surface area contributed by atoms with E-state index in [1.54, 1.807) is 23.1 Å². The lowest BCUT2D eigenvalue weighted by Gasteiger charge is -2.29. The van der Waals surface area contributed by atoms with E-state index >= 15 is 0 Å². The largest absolute Gasteiger partial charge is 0.331 e. The lowest BCUT2D eigenvalue weighted by atomic mass is 10.0. The summed E-state index contributed by atoms with van der Waals surface area (Å²) < 4.78 is 13.8. The number of nitrogens with one attached hydrogen (secondary N) is 1. The van der Waals surface area contributed by atoms with Gasteiger partial charge in [-0.05, 0) is 42.8 Å². The van der Waals surface area contributed by atoms with Crippen molar-refractivity contribution in [3.05, 3.63) is 101 Å². The molecule has 4 rings (SSSR count). The molecule has 1 N–H and O–H groups in total. The van der Waals surface area contributed by atoms with Crippen molar-refractivity contribution < 1.29 is 14.0 Å². The summed E-state index contributed by atoms with van der Waals surface area (Å²) in [6, 6.07) is 21.9. The van der Waals surface area contributed by atoms with E-state index in [1.165, 1.54) is 29.5 Å². The van der Waals surface area contributed by atoms with Gasteiger partial charge in [-0.15, -0.1) is 10.2 Å². The molecule has 0 spiro atoms. The first kappa shape index (κ1) is 24.5. The normalized spacial score (nSPS) is 11.6. The number of benzene rings is 3. The quantitative estimate of drug-likeness (QED) is 0.306. The van der Waals surface area contributed by atoms with Crippen molar-refractivity contribution in [1.29, 1.82) is 0 Å². The van der Waals surface area contributed by atoms with E-state index in [1.807, 2.05) is 49.4 Å². The summed E-state index contributed by atoms with van der Waals surface area (Å²) in [7, 11) is 0. The van der Waals surface area contributed by atoms with Crippen molar-refractivity contribution in [3.63, 3.8) is 0 Å². The van der Waals surface area contributed by atoms with Gasteiger partial charge < -0.3 is 10.2 Å². The van der Waals surface area contributed by atoms with Crippen LogP contribution in [-0.4, -0.2) is 33.5 Å². The number of amides is 2. The van der Waals surface area contributed by atoms with Crippen LogP contribution in [0, 0.1) is 5.82 Å². The number of rotatable bonds is 8. The van der Waals surface area contributed by atoms with Gasteiger partial charge in [-0.3, -0.25) is 9.59 Å². The van der Waals surface area contributed by atoms with Crippen LogP contribution in [0.2, 0.25) is 5.02 Å². The average Bonchev–Trinajstić information content (AvgIpc) is 3.33. The van der Waals surface area contributed by atoms with Crippen molar-refractivity contribution in [2.75, 3.05) is 11.9 Å². The molecule has 0 aliphatic carbocycles. The number of hydrogen-bond donors (Lipinski definition) is 1. The predicted octanol–water partition coefficient (Wildman–Crippen LogP) is 6.23. The minimum Gasteiger partial charge on any atom is -0.331 e. The third kappa shape index (κ3) is 6.29. The van der Waals surface area contributed by atoms with Crippen molar-refractivity contribution >= 4 is 39.9 Å². The SMILES string of the molecule is C[C@@H](c1ccccc1)N(CCC(=O)Nc1nnc(-c2ccc(Cl)cc2)s1)C(=O)c1cccc(F)c1. The Labute approximate surface area is 211 Å². The lowest BCUT2D eigenvalue weighted by molar-refractivity contribution is -0.116. The monoisotopic (exact) mass is 508 g/mol. The molecule has 2 amide bonds. The molecule has 0 bridgehead atoms. The molecule has 1 atom stereocenters. The van der Waals surface area contributed by atoms with Gasteiger partial charge in [0.15, 0.2) is 0 Å². The molecule has 0 radical (unpaired) electrons. The topological polar surface area (TPSA) is 75.2 Å². The summed E-state index contributed by atoms with van der Waals surface area (Å²) >= 11 is 7.17. The number of carbonyl (C=O) groups is 2. The number of hydrogen-bond acceptors (Lipinski definition) is 5. The van der Waals surface area contributed by atoms with Gasteiger partial charge in [0, 0.05) is 29.1 Å². The van der Waals surface area contributed by atoms with Crippen molar-refractivity contribution in [3.8, 4) is 10.6 Å². The van der Waals surface area contributed by atoms with Crippen LogP contribution in [0.1, 0.15) is 35.3 Å². The number of nitrogens with zero attached hydrogens (tertiary/aromatic N) is 3. The third-order valence-electron chi connectivity index (χ3n) is 5.42. The molecular weight excluding hydrogens is 487 g/mol. The fourth-order valence-electron chi connectivity index (χ4n) is 3.56. The molecule has 0 fully saturated rings. The fourth-order valence-corrected chi connectivity index (χ4v) is 4.45. The Morgan fingerprint density at radius 2 is 1.77 bits per heavy atom. The molecular formula is C26H22ClFN4O2S. The minimum absolute atomic E-state index is 0.0358. The number of carbonyl (C=O) groups excluding carboxylic acids is 2. The Balaban J connectivity index is 1.46. The highest BCUT2D eigenvalue weighted by Crippen LogP contribution is 2.28. The van der Waals surface area contributed by atoms with E-state index in [0.29, 0.717) is 15.2 Å². The van der Waals surface area contributed by atoms with Gasteiger partial charge >= 0.3 is 0 Å². The van der Waals surface area contributed by atoms with E-state index in [-0.39, 0.29) is 36.4 Å². The predicted molar refractivity (Wildman–Crippen MR) is 136 cm³/mol. The maximum absolute atomic E-state index is 13.8. The molecule has 9 heteroatoms. The summed E-state index contributed by atoms with van der Waals surface area (Å²) in [5, 5.41) is 12.5. The maximum Gasteiger partial charge on any atom is 0.254 e. The molecule has 4 aromatic rings. The molecule has 0 saturated carbocycles. The van der Waals surface area contributed by atoms with Gasteiger partial charge in [-0.1, -0.05) is 71.5 Å². The van der Waals surface area contributed by atoms with E-state index in [0.717, 1.165) is 11.1 Å². The zero-order valence-electron chi connectivity index (χ0n) is 18.8. The Morgan fingerprint density at radius 3 is 2.49 bits per heavy atom. The van der Waals surface area contributed by atoms with Crippen molar-refractivity contribution in [1.82, 2.24) is 15.1 Å². The Morgan fingerprint density at radius 1 is 1.03 bits per heavy atom. The first-order valence-electron chi connectivity index (χ1n) is 10.9. The van der Waals surface area contributed by atoms with Gasteiger partial charge in [0.25, 0.3) is 5.91 Å².